The number of hydrogen-bond acceptors (Lipinski definition) is 4. The predicted octanol–water partition coefficient (Wildman–Crippen LogP) is 3.15. The molecule has 0 spiro atoms. The predicted molar refractivity (Wildman–Crippen MR) is 91.5 cm³/mol. The van der Waals surface area contributed by atoms with E-state index in [4.69, 9.17) is 5.73 Å². The van der Waals surface area contributed by atoms with Gasteiger partial charge in [-0.1, -0.05) is 12.1 Å². The molecular weight excluding hydrogens is 329 g/mol. The van der Waals surface area contributed by atoms with E-state index in [1.54, 1.807) is 18.3 Å². The molecule has 2 unspecified atom stereocenters. The average molecular weight is 348 g/mol. The Morgan fingerprint density at radius 3 is 2.81 bits per heavy atom. The smallest absolute Gasteiger partial charge is 0.239 e. The van der Waals surface area contributed by atoms with E-state index in [0.29, 0.717) is 0 Å². The summed E-state index contributed by atoms with van der Waals surface area (Å²) in [5.74, 6) is 0.0294. The Bertz CT molecular complexity index is 584. The Labute approximate surface area is 140 Å². The van der Waals surface area contributed by atoms with Gasteiger partial charge >= 0.3 is 0 Å². The van der Waals surface area contributed by atoms with Crippen LogP contribution in [0.2, 0.25) is 0 Å². The van der Waals surface area contributed by atoms with Gasteiger partial charge in [0.1, 0.15) is 5.01 Å². The Morgan fingerprint density at radius 1 is 1.43 bits per heavy atom. The molecule has 116 valence electrons. The fourth-order valence-electron chi connectivity index (χ4n) is 2.58. The van der Waals surface area contributed by atoms with E-state index in [-0.39, 0.29) is 36.8 Å². The molecule has 1 saturated heterocycles. The SMILES string of the molecule is CC(N)C(=O)N1CCCC1c1nc2ccccc2s1.Cl.Cl. The van der Waals surface area contributed by atoms with Crippen molar-refractivity contribution in [1.82, 2.24) is 9.88 Å². The van der Waals surface area contributed by atoms with Crippen LogP contribution in [0.25, 0.3) is 10.2 Å². The van der Waals surface area contributed by atoms with Gasteiger partial charge in [0.25, 0.3) is 0 Å². The van der Waals surface area contributed by atoms with Gasteiger partial charge in [-0.05, 0) is 31.9 Å². The third-order valence-electron chi connectivity index (χ3n) is 3.52. The summed E-state index contributed by atoms with van der Waals surface area (Å²) in [4.78, 5) is 18.7. The molecule has 2 aromatic rings. The summed E-state index contributed by atoms with van der Waals surface area (Å²) in [6.07, 6.45) is 2.01. The summed E-state index contributed by atoms with van der Waals surface area (Å²) in [5, 5.41) is 1.03. The number of para-hydroxylation sites is 1. The van der Waals surface area contributed by atoms with Gasteiger partial charge in [-0.3, -0.25) is 4.79 Å². The zero-order valence-electron chi connectivity index (χ0n) is 11.7. The van der Waals surface area contributed by atoms with Crippen molar-refractivity contribution in [1.29, 1.82) is 0 Å². The highest BCUT2D eigenvalue weighted by atomic mass is 35.5. The van der Waals surface area contributed by atoms with Gasteiger partial charge < -0.3 is 10.6 Å². The molecule has 0 bridgehead atoms. The van der Waals surface area contributed by atoms with Crippen molar-refractivity contribution in [3.05, 3.63) is 29.3 Å². The van der Waals surface area contributed by atoms with Crippen molar-refractivity contribution in [2.45, 2.75) is 31.8 Å². The van der Waals surface area contributed by atoms with Crippen molar-refractivity contribution in [3.8, 4) is 0 Å². The molecule has 2 N–H and O–H groups in total. The number of halogens is 2. The third-order valence-corrected chi connectivity index (χ3v) is 4.66. The first-order valence-electron chi connectivity index (χ1n) is 6.58. The second-order valence-electron chi connectivity index (χ2n) is 5.00. The van der Waals surface area contributed by atoms with Crippen LogP contribution in [0.3, 0.4) is 0 Å². The molecule has 2 atom stereocenters. The Hall–Kier alpha value is -0.880. The molecular formula is C14H19Cl2N3OS. The largest absolute Gasteiger partial charge is 0.332 e. The lowest BCUT2D eigenvalue weighted by Gasteiger charge is -2.24. The maximum atomic E-state index is 12.1. The van der Waals surface area contributed by atoms with Crippen LogP contribution in [0.1, 0.15) is 30.8 Å². The van der Waals surface area contributed by atoms with E-state index in [9.17, 15) is 4.79 Å². The highest BCUT2D eigenvalue weighted by Crippen LogP contribution is 2.36. The molecule has 1 fully saturated rings. The number of carbonyl (C=O) groups is 1. The molecule has 1 aromatic heterocycles. The van der Waals surface area contributed by atoms with Crippen LogP contribution < -0.4 is 5.73 Å². The third kappa shape index (κ3) is 3.48. The molecule has 2 heterocycles. The molecule has 1 amide bonds. The van der Waals surface area contributed by atoms with Crippen molar-refractivity contribution in [2.24, 2.45) is 5.73 Å². The van der Waals surface area contributed by atoms with E-state index in [1.165, 1.54) is 4.70 Å². The fraction of sp³-hybridized carbons (Fsp3) is 0.429. The topological polar surface area (TPSA) is 59.2 Å². The van der Waals surface area contributed by atoms with Gasteiger partial charge in [-0.2, -0.15) is 0 Å². The van der Waals surface area contributed by atoms with Gasteiger partial charge in [0, 0.05) is 6.54 Å². The lowest BCUT2D eigenvalue weighted by atomic mass is 10.2. The average Bonchev–Trinajstić information content (AvgIpc) is 3.03. The zero-order valence-corrected chi connectivity index (χ0v) is 14.1. The van der Waals surface area contributed by atoms with E-state index >= 15 is 0 Å². The summed E-state index contributed by atoms with van der Waals surface area (Å²) >= 11 is 1.68. The van der Waals surface area contributed by atoms with Gasteiger partial charge in [0.2, 0.25) is 5.91 Å². The summed E-state index contributed by atoms with van der Waals surface area (Å²) in [5.41, 5.74) is 6.74. The molecule has 0 saturated carbocycles. The number of carbonyl (C=O) groups excluding carboxylic acids is 1. The molecule has 0 radical (unpaired) electrons. The number of rotatable bonds is 2. The molecule has 7 heteroatoms. The van der Waals surface area contributed by atoms with Gasteiger partial charge in [-0.25, -0.2) is 4.98 Å². The minimum absolute atomic E-state index is 0. The van der Waals surface area contributed by atoms with E-state index < -0.39 is 6.04 Å². The van der Waals surface area contributed by atoms with E-state index in [0.717, 1.165) is 29.9 Å². The number of nitrogens with zero attached hydrogens (tertiary/aromatic N) is 2. The van der Waals surface area contributed by atoms with Crippen molar-refractivity contribution < 1.29 is 4.79 Å². The van der Waals surface area contributed by atoms with Crippen LogP contribution in [0.5, 0.6) is 0 Å². The standard InChI is InChI=1S/C14H17N3OS.2ClH/c1-9(15)14(18)17-8-4-6-11(17)13-16-10-5-2-3-7-12(10)19-13;;/h2-3,5,7,9,11H,4,6,8,15H2,1H3;2*1H. The number of thiazole rings is 1. The Kier molecular flexibility index (Phi) is 6.41. The Morgan fingerprint density at radius 2 is 2.14 bits per heavy atom. The minimum atomic E-state index is -0.435. The highest BCUT2D eigenvalue weighted by molar-refractivity contribution is 7.18. The monoisotopic (exact) mass is 347 g/mol. The lowest BCUT2D eigenvalue weighted by Crippen LogP contribution is -2.41. The normalized spacial score (nSPS) is 19.0. The number of likely N-dealkylation sites (tertiary alicyclic amines) is 1. The van der Waals surface area contributed by atoms with E-state index in [1.807, 2.05) is 23.1 Å². The quantitative estimate of drug-likeness (QED) is 0.907. The first-order chi connectivity index (χ1) is 9.16. The maximum Gasteiger partial charge on any atom is 0.239 e. The number of hydrogen-bond donors (Lipinski definition) is 1. The van der Waals surface area contributed by atoms with Crippen LogP contribution in [0.4, 0.5) is 0 Å². The van der Waals surface area contributed by atoms with Crippen molar-refractivity contribution >= 4 is 52.3 Å². The van der Waals surface area contributed by atoms with Crippen molar-refractivity contribution in [2.75, 3.05) is 6.54 Å². The number of aromatic nitrogens is 1. The fourth-order valence-corrected chi connectivity index (χ4v) is 3.70. The molecule has 0 aliphatic carbocycles. The summed E-state index contributed by atoms with van der Waals surface area (Å²) < 4.78 is 1.18. The number of fused-ring (bicyclic) bond motifs is 1. The zero-order chi connectivity index (χ0) is 13.4. The molecule has 1 aromatic carbocycles. The molecule has 21 heavy (non-hydrogen) atoms. The first kappa shape index (κ1) is 18.2. The van der Waals surface area contributed by atoms with Crippen LogP contribution >= 0.6 is 36.2 Å². The van der Waals surface area contributed by atoms with Crippen LogP contribution in [0.15, 0.2) is 24.3 Å². The second-order valence-corrected chi connectivity index (χ2v) is 6.06. The van der Waals surface area contributed by atoms with Crippen molar-refractivity contribution in [3.63, 3.8) is 0 Å². The molecule has 1 aliphatic heterocycles. The number of amides is 1. The molecule has 4 nitrogen and oxygen atoms in total. The van der Waals surface area contributed by atoms with Gasteiger partial charge in [0.15, 0.2) is 0 Å². The summed E-state index contributed by atoms with van der Waals surface area (Å²) in [6, 6.07) is 7.77. The minimum Gasteiger partial charge on any atom is -0.332 e. The van der Waals surface area contributed by atoms with Crippen LogP contribution in [-0.2, 0) is 4.79 Å². The summed E-state index contributed by atoms with van der Waals surface area (Å²) in [6.45, 7) is 2.54. The van der Waals surface area contributed by atoms with Crippen LogP contribution in [-0.4, -0.2) is 28.4 Å². The summed E-state index contributed by atoms with van der Waals surface area (Å²) in [7, 11) is 0. The molecule has 1 aliphatic rings. The van der Waals surface area contributed by atoms with Crippen LogP contribution in [0, 0.1) is 0 Å². The molecule has 3 rings (SSSR count). The Balaban J connectivity index is 0.00000110. The van der Waals surface area contributed by atoms with Gasteiger partial charge in [-0.15, -0.1) is 36.2 Å². The maximum absolute atomic E-state index is 12.1. The number of nitrogens with two attached hydrogens (primary N) is 1. The van der Waals surface area contributed by atoms with Gasteiger partial charge in [0.05, 0.1) is 22.3 Å². The van der Waals surface area contributed by atoms with E-state index in [2.05, 4.69) is 11.1 Å². The second kappa shape index (κ2) is 7.40. The lowest BCUT2D eigenvalue weighted by molar-refractivity contribution is -0.133. The highest BCUT2D eigenvalue weighted by Gasteiger charge is 2.33. The first-order valence-corrected chi connectivity index (χ1v) is 7.40. The number of benzene rings is 1.